The summed E-state index contributed by atoms with van der Waals surface area (Å²) >= 11 is 0. The van der Waals surface area contributed by atoms with Crippen molar-refractivity contribution in [2.75, 3.05) is 0 Å². The van der Waals surface area contributed by atoms with E-state index in [-0.39, 0.29) is 81.0 Å². The van der Waals surface area contributed by atoms with Crippen molar-refractivity contribution >= 4 is 74.3 Å². The first-order valence-corrected chi connectivity index (χ1v) is 7.10. The Morgan fingerprint density at radius 2 is 1.32 bits per heavy atom. The van der Waals surface area contributed by atoms with E-state index in [1.165, 1.54) is 12.4 Å². The molecule has 0 aromatic carbocycles. The van der Waals surface area contributed by atoms with Gasteiger partial charge in [-0.2, -0.15) is 0 Å². The van der Waals surface area contributed by atoms with E-state index in [0.29, 0.717) is 0 Å². The second kappa shape index (κ2) is 13.6. The van der Waals surface area contributed by atoms with Crippen molar-refractivity contribution in [2.45, 2.75) is 11.6 Å². The Labute approximate surface area is 168 Å². The minimum absolute atomic E-state index is 0. The fourth-order valence-corrected chi connectivity index (χ4v) is 3.03. The monoisotopic (exact) mass is 390 g/mol. The Morgan fingerprint density at radius 1 is 0.955 bits per heavy atom. The summed E-state index contributed by atoms with van der Waals surface area (Å²) in [5.41, 5.74) is 0. The summed E-state index contributed by atoms with van der Waals surface area (Å²) in [7, 11) is -10.8. The van der Waals surface area contributed by atoms with Gasteiger partial charge in [0.25, 0.3) is 5.08 Å². The molecule has 2 radical (unpaired) electrons. The van der Waals surface area contributed by atoms with E-state index in [1.807, 2.05) is 0 Å². The van der Waals surface area contributed by atoms with Crippen LogP contribution in [0.25, 0.3) is 0 Å². The summed E-state index contributed by atoms with van der Waals surface area (Å²) in [5.74, 6) is 0. The van der Waals surface area contributed by atoms with Gasteiger partial charge in [0.2, 0.25) is 0 Å². The molecule has 0 fully saturated rings. The molecule has 0 aliphatic carbocycles. The molecule has 13 nitrogen and oxygen atoms in total. The zero-order chi connectivity index (χ0) is 12.6. The summed E-state index contributed by atoms with van der Waals surface area (Å²) in [6, 6.07) is 0. The minimum Gasteiger partial charge on any atom is -0.412 e. The van der Waals surface area contributed by atoms with Crippen molar-refractivity contribution in [3.63, 3.8) is 0 Å². The van der Waals surface area contributed by atoms with Gasteiger partial charge in [-0.3, -0.25) is 9.13 Å². The van der Waals surface area contributed by atoms with E-state index in [4.69, 9.17) is 19.6 Å². The van der Waals surface area contributed by atoms with Gasteiger partial charge >= 0.3 is 15.2 Å². The van der Waals surface area contributed by atoms with Gasteiger partial charge in [-0.25, -0.2) is 4.98 Å². The van der Waals surface area contributed by atoms with Gasteiger partial charge in [-0.15, -0.1) is 0 Å². The summed E-state index contributed by atoms with van der Waals surface area (Å²) in [6.45, 7) is -0.957. The predicted octanol–water partition coefficient (Wildman–Crippen LogP) is -5.18. The molecule has 0 saturated carbocycles. The van der Waals surface area contributed by atoms with Gasteiger partial charge in [0.1, 0.15) is 0 Å². The molecule has 1 heterocycles. The Bertz CT molecular complexity index is 437. The first-order valence-electron chi connectivity index (χ1n) is 3.87. The Kier molecular flexibility index (Phi) is 23.9. The number of aromatic nitrogens is 2. The van der Waals surface area contributed by atoms with E-state index in [9.17, 15) is 14.2 Å². The van der Waals surface area contributed by atoms with Crippen LogP contribution in [0.5, 0.6) is 0 Å². The van der Waals surface area contributed by atoms with E-state index in [2.05, 4.69) is 4.98 Å². The van der Waals surface area contributed by atoms with Crippen molar-refractivity contribution < 1.29 is 55.7 Å². The van der Waals surface area contributed by atoms with Crippen LogP contribution in [0, 0.1) is 0 Å². The zero-order valence-corrected chi connectivity index (χ0v) is 17.6. The van der Waals surface area contributed by atoms with E-state index >= 15 is 0 Å². The van der Waals surface area contributed by atoms with Crippen molar-refractivity contribution in [3.05, 3.63) is 18.7 Å². The van der Waals surface area contributed by atoms with Crippen molar-refractivity contribution in [1.29, 1.82) is 0 Å². The van der Waals surface area contributed by atoms with Gasteiger partial charge in [-0.05, 0) is 0 Å². The number of rotatable bonds is 4. The average molecular weight is 390 g/mol. The molecule has 17 heteroatoms. The van der Waals surface area contributed by atoms with Crippen LogP contribution in [-0.2, 0) is 15.7 Å². The van der Waals surface area contributed by atoms with Crippen LogP contribution < -0.4 is 0 Å². The molecule has 0 aliphatic heterocycles. The number of nitrogens with zero attached hydrogens (tertiary/aromatic N) is 2. The molecule has 0 unspecified atom stereocenters. The van der Waals surface area contributed by atoms with Gasteiger partial charge in [0.05, 0.1) is 12.9 Å². The van der Waals surface area contributed by atoms with Crippen LogP contribution in [-0.4, -0.2) is 120 Å². The second-order valence-corrected chi connectivity index (χ2v) is 7.11. The smallest absolute Gasteiger partial charge is 0.371 e. The topological polar surface area (TPSA) is 279 Å². The molecular formula is C5H18N2Na2O11P2. The first-order chi connectivity index (χ1) is 7.08. The van der Waals surface area contributed by atoms with E-state index < -0.39 is 26.8 Å². The van der Waals surface area contributed by atoms with Crippen molar-refractivity contribution in [3.8, 4) is 0 Å². The molecule has 0 saturated heterocycles. The maximum atomic E-state index is 10.9. The van der Waals surface area contributed by atoms with E-state index in [1.54, 1.807) is 0 Å². The molecule has 22 heavy (non-hydrogen) atoms. The number of imidazole rings is 1. The normalized spacial score (nSPS) is 10.2. The summed E-state index contributed by atoms with van der Waals surface area (Å²) < 4.78 is 22.8. The fourth-order valence-electron chi connectivity index (χ4n) is 0.979. The maximum Gasteiger partial charge on any atom is 0.371 e. The quantitative estimate of drug-likeness (QED) is 0.244. The molecular weight excluding hydrogens is 372 g/mol. The summed E-state index contributed by atoms with van der Waals surface area (Å²) in [6.07, 6.45) is 3.51. The van der Waals surface area contributed by atoms with Crippen LogP contribution >= 0.6 is 15.2 Å². The van der Waals surface area contributed by atoms with Crippen molar-refractivity contribution in [1.82, 2.24) is 9.55 Å². The summed E-state index contributed by atoms with van der Waals surface area (Å²) in [5, 5.41) is 6.04. The van der Waals surface area contributed by atoms with Crippen LogP contribution in [0.1, 0.15) is 0 Å². The zero-order valence-electron chi connectivity index (χ0n) is 11.8. The van der Waals surface area contributed by atoms with Gasteiger partial charge < -0.3 is 51.2 Å². The SMILES string of the molecule is O.O.O.O.O=P(O)(O)C(O)(Cn1ccnc1)P(=O)(O)O.[Na].[Na]. The van der Waals surface area contributed by atoms with Gasteiger partial charge in [-0.1, -0.05) is 0 Å². The number of aliphatic hydroxyl groups is 1. The average Bonchev–Trinajstić information content (AvgIpc) is 2.52. The second-order valence-electron chi connectivity index (χ2n) is 3.10. The molecule has 0 atom stereocenters. The van der Waals surface area contributed by atoms with Gasteiger partial charge in [0.15, 0.2) is 0 Å². The third-order valence-electron chi connectivity index (χ3n) is 1.89. The van der Waals surface area contributed by atoms with Crippen LogP contribution in [0.4, 0.5) is 0 Å². The Morgan fingerprint density at radius 3 is 1.55 bits per heavy atom. The largest absolute Gasteiger partial charge is 0.412 e. The Hall–Kier alpha value is 1.31. The maximum absolute atomic E-state index is 10.9. The fraction of sp³-hybridized carbons (Fsp3) is 0.400. The molecule has 1 aromatic heterocycles. The first kappa shape index (κ1) is 38.7. The molecule has 0 aliphatic rings. The van der Waals surface area contributed by atoms with Crippen LogP contribution in [0.2, 0.25) is 0 Å². The molecule has 1 rings (SSSR count). The minimum atomic E-state index is -5.41. The molecule has 13 N–H and O–H groups in total. The van der Waals surface area contributed by atoms with E-state index in [0.717, 1.165) is 10.9 Å². The summed E-state index contributed by atoms with van der Waals surface area (Å²) in [4.78, 5) is 38.7. The van der Waals surface area contributed by atoms with Crippen molar-refractivity contribution in [2.24, 2.45) is 0 Å². The molecule has 0 spiro atoms. The third-order valence-corrected chi connectivity index (χ3v) is 5.60. The van der Waals surface area contributed by atoms with Gasteiger partial charge in [0, 0.05) is 71.5 Å². The predicted molar refractivity (Wildman–Crippen MR) is 77.2 cm³/mol. The number of hydrogen-bond donors (Lipinski definition) is 5. The molecule has 1 aromatic rings. The third kappa shape index (κ3) is 8.97. The Balaban J connectivity index is -0.000000107. The van der Waals surface area contributed by atoms with Crippen LogP contribution in [0.15, 0.2) is 18.7 Å². The number of hydrogen-bond acceptors (Lipinski definition) is 4. The standard InChI is InChI=1S/C5H10N2O7P2.2Na.4H2O/c8-5(15(9,10)11,16(12,13)14)3-7-2-1-6-4-7;;;;;;/h1-2,4,8H,3H2,(H2,9,10,11)(H2,12,13,14);;;4*1H2. The van der Waals surface area contributed by atoms with Crippen LogP contribution in [0.3, 0.4) is 0 Å². The molecule has 0 bridgehead atoms. The molecule has 126 valence electrons. The molecule has 0 amide bonds.